The van der Waals surface area contributed by atoms with E-state index in [1.54, 1.807) is 0 Å². The molecule has 1 aliphatic heterocycles. The quantitative estimate of drug-likeness (QED) is 0.753. The highest BCUT2D eigenvalue weighted by atomic mass is 15.1. The Morgan fingerprint density at radius 1 is 0.905 bits per heavy atom. The molecule has 1 saturated carbocycles. The second-order valence-electron chi connectivity index (χ2n) is 7.66. The van der Waals surface area contributed by atoms with Crippen molar-refractivity contribution >= 4 is 0 Å². The van der Waals surface area contributed by atoms with Gasteiger partial charge < -0.3 is 10.2 Å². The first kappa shape index (κ1) is 17.3. The van der Waals surface area contributed by atoms with E-state index < -0.39 is 0 Å². The number of nitrogens with one attached hydrogen (secondary N) is 1. The highest BCUT2D eigenvalue weighted by Crippen LogP contribution is 2.33. The van der Waals surface area contributed by atoms with E-state index in [1.807, 2.05) is 0 Å². The topological polar surface area (TPSA) is 15.3 Å². The first-order chi connectivity index (χ1) is 10.3. The fourth-order valence-electron chi connectivity index (χ4n) is 4.81. The summed E-state index contributed by atoms with van der Waals surface area (Å²) in [6, 6.07) is 0.770. The minimum Gasteiger partial charge on any atom is -0.317 e. The number of likely N-dealkylation sites (tertiary alicyclic amines) is 1. The molecule has 124 valence electrons. The van der Waals surface area contributed by atoms with Crippen molar-refractivity contribution in [3.8, 4) is 0 Å². The van der Waals surface area contributed by atoms with E-state index in [4.69, 9.17) is 0 Å². The number of rotatable bonds is 7. The van der Waals surface area contributed by atoms with E-state index >= 15 is 0 Å². The summed E-state index contributed by atoms with van der Waals surface area (Å²) in [5.74, 6) is 2.91. The van der Waals surface area contributed by atoms with Gasteiger partial charge in [0.15, 0.2) is 0 Å². The Morgan fingerprint density at radius 2 is 1.57 bits per heavy atom. The van der Waals surface area contributed by atoms with Crippen LogP contribution in [0.5, 0.6) is 0 Å². The third-order valence-corrected chi connectivity index (χ3v) is 6.06. The monoisotopic (exact) mass is 294 g/mol. The van der Waals surface area contributed by atoms with Crippen LogP contribution in [0.2, 0.25) is 0 Å². The Kier molecular flexibility index (Phi) is 7.53. The third kappa shape index (κ3) is 5.25. The molecule has 1 N–H and O–H groups in total. The summed E-state index contributed by atoms with van der Waals surface area (Å²) in [4.78, 5) is 2.77. The molecule has 2 fully saturated rings. The summed E-state index contributed by atoms with van der Waals surface area (Å²) in [6.07, 6.45) is 12.9. The van der Waals surface area contributed by atoms with Gasteiger partial charge in [-0.25, -0.2) is 0 Å². The fourth-order valence-corrected chi connectivity index (χ4v) is 4.81. The lowest BCUT2D eigenvalue weighted by molar-refractivity contribution is 0.109. The van der Waals surface area contributed by atoms with Gasteiger partial charge in [-0.2, -0.15) is 0 Å². The lowest BCUT2D eigenvalue weighted by Crippen LogP contribution is -2.46. The Balaban J connectivity index is 1.79. The van der Waals surface area contributed by atoms with Gasteiger partial charge >= 0.3 is 0 Å². The van der Waals surface area contributed by atoms with Gasteiger partial charge in [0.2, 0.25) is 0 Å². The average molecular weight is 295 g/mol. The van der Waals surface area contributed by atoms with E-state index in [0.717, 1.165) is 23.8 Å². The molecule has 1 heterocycles. The summed E-state index contributed by atoms with van der Waals surface area (Å²) >= 11 is 0. The van der Waals surface area contributed by atoms with E-state index in [-0.39, 0.29) is 0 Å². The molecule has 0 amide bonds. The molecule has 0 aromatic rings. The first-order valence-corrected chi connectivity index (χ1v) is 9.66. The largest absolute Gasteiger partial charge is 0.317 e. The second kappa shape index (κ2) is 9.15. The van der Waals surface area contributed by atoms with Crippen molar-refractivity contribution in [2.45, 2.75) is 77.7 Å². The summed E-state index contributed by atoms with van der Waals surface area (Å²) in [5, 5.41) is 3.61. The molecule has 1 aliphatic carbocycles. The predicted molar refractivity (Wildman–Crippen MR) is 92.7 cm³/mol. The van der Waals surface area contributed by atoms with Crippen LogP contribution in [0.1, 0.15) is 71.6 Å². The zero-order valence-electron chi connectivity index (χ0n) is 14.7. The van der Waals surface area contributed by atoms with Crippen LogP contribution in [0.25, 0.3) is 0 Å². The second-order valence-corrected chi connectivity index (χ2v) is 7.66. The van der Waals surface area contributed by atoms with Crippen molar-refractivity contribution in [1.29, 1.82) is 0 Å². The van der Waals surface area contributed by atoms with Crippen molar-refractivity contribution in [2.24, 2.45) is 17.8 Å². The van der Waals surface area contributed by atoms with E-state index in [0.29, 0.717) is 0 Å². The van der Waals surface area contributed by atoms with Gasteiger partial charge in [0.1, 0.15) is 0 Å². The summed E-state index contributed by atoms with van der Waals surface area (Å²) in [6.45, 7) is 8.74. The zero-order valence-corrected chi connectivity index (χ0v) is 14.7. The van der Waals surface area contributed by atoms with Crippen LogP contribution in [0.3, 0.4) is 0 Å². The highest BCUT2D eigenvalue weighted by molar-refractivity contribution is 4.87. The molecule has 2 nitrogen and oxygen atoms in total. The Hall–Kier alpha value is -0.0800. The predicted octanol–water partition coefficient (Wildman–Crippen LogP) is 4.30. The van der Waals surface area contributed by atoms with Gasteiger partial charge in [0.25, 0.3) is 0 Å². The maximum atomic E-state index is 3.61. The van der Waals surface area contributed by atoms with Crippen LogP contribution < -0.4 is 5.32 Å². The molecule has 3 atom stereocenters. The lowest BCUT2D eigenvalue weighted by Gasteiger charge is -2.41. The zero-order chi connectivity index (χ0) is 15.1. The van der Waals surface area contributed by atoms with Gasteiger partial charge in [0, 0.05) is 12.6 Å². The van der Waals surface area contributed by atoms with Gasteiger partial charge in [-0.3, -0.25) is 0 Å². The first-order valence-electron chi connectivity index (χ1n) is 9.66. The van der Waals surface area contributed by atoms with Crippen LogP contribution in [-0.2, 0) is 0 Å². The molecule has 1 saturated heterocycles. The maximum Gasteiger partial charge on any atom is 0.0105 e. The molecule has 0 radical (unpaired) electrons. The van der Waals surface area contributed by atoms with Crippen LogP contribution >= 0.6 is 0 Å². The molecule has 2 rings (SSSR count). The molecule has 2 aliphatic rings. The summed E-state index contributed by atoms with van der Waals surface area (Å²) in [5.41, 5.74) is 0. The van der Waals surface area contributed by atoms with Crippen molar-refractivity contribution < 1.29 is 0 Å². The maximum absolute atomic E-state index is 3.61. The van der Waals surface area contributed by atoms with E-state index in [9.17, 15) is 0 Å². The van der Waals surface area contributed by atoms with Crippen molar-refractivity contribution in [2.75, 3.05) is 26.7 Å². The van der Waals surface area contributed by atoms with Crippen LogP contribution in [0, 0.1) is 17.8 Å². The Morgan fingerprint density at radius 3 is 2.19 bits per heavy atom. The Labute approximate surface area is 133 Å². The molecule has 0 aromatic heterocycles. The molecule has 21 heavy (non-hydrogen) atoms. The number of hydrogen-bond acceptors (Lipinski definition) is 2. The van der Waals surface area contributed by atoms with Crippen molar-refractivity contribution in [1.82, 2.24) is 10.2 Å². The van der Waals surface area contributed by atoms with Crippen molar-refractivity contribution in [3.63, 3.8) is 0 Å². The van der Waals surface area contributed by atoms with Crippen LogP contribution in [-0.4, -0.2) is 37.6 Å². The molecule has 3 unspecified atom stereocenters. The molecular formula is C19H38N2. The third-order valence-electron chi connectivity index (χ3n) is 6.06. The minimum absolute atomic E-state index is 0.770. The van der Waals surface area contributed by atoms with Crippen molar-refractivity contribution in [3.05, 3.63) is 0 Å². The van der Waals surface area contributed by atoms with E-state index in [1.165, 1.54) is 77.4 Å². The van der Waals surface area contributed by atoms with Gasteiger partial charge in [-0.15, -0.1) is 0 Å². The standard InChI is InChI=1S/C19H38N2/c1-4-6-16-10-12-21(13-11-16)15-18-14-17(7-5-2)8-9-19(18)20-3/h16-20H,4-15H2,1-3H3. The van der Waals surface area contributed by atoms with E-state index in [2.05, 4.69) is 31.1 Å². The van der Waals surface area contributed by atoms with Crippen LogP contribution in [0.4, 0.5) is 0 Å². The lowest BCUT2D eigenvalue weighted by atomic mass is 9.76. The SMILES string of the molecule is CCCC1CCN(CC2CC(CCC)CCC2NC)CC1. The molecule has 2 heteroatoms. The van der Waals surface area contributed by atoms with Gasteiger partial charge in [0.05, 0.1) is 0 Å². The number of piperidine rings is 1. The average Bonchev–Trinajstić information content (AvgIpc) is 2.50. The molecule has 0 bridgehead atoms. The molecule has 0 spiro atoms. The highest BCUT2D eigenvalue weighted by Gasteiger charge is 2.31. The van der Waals surface area contributed by atoms with Gasteiger partial charge in [-0.1, -0.05) is 39.5 Å². The normalized spacial score (nSPS) is 32.4. The van der Waals surface area contributed by atoms with Crippen LogP contribution in [0.15, 0.2) is 0 Å². The number of nitrogens with zero attached hydrogens (tertiary/aromatic N) is 1. The fraction of sp³-hybridized carbons (Fsp3) is 1.00. The summed E-state index contributed by atoms with van der Waals surface area (Å²) in [7, 11) is 2.17. The van der Waals surface area contributed by atoms with Gasteiger partial charge in [-0.05, 0) is 70.0 Å². The Bertz CT molecular complexity index is 271. The molecule has 0 aromatic carbocycles. The smallest absolute Gasteiger partial charge is 0.0105 e. The number of hydrogen-bond donors (Lipinski definition) is 1. The summed E-state index contributed by atoms with van der Waals surface area (Å²) < 4.78 is 0. The molecular weight excluding hydrogens is 256 g/mol. The minimum atomic E-state index is 0.770.